The van der Waals surface area contributed by atoms with E-state index < -0.39 is 0 Å². The first kappa shape index (κ1) is 17.2. The molecule has 1 aromatic carbocycles. The van der Waals surface area contributed by atoms with Crippen LogP contribution < -0.4 is 16.0 Å². The average Bonchev–Trinajstić information content (AvgIpc) is 3.13. The highest BCUT2D eigenvalue weighted by Gasteiger charge is 2.23. The molecule has 1 fully saturated rings. The second kappa shape index (κ2) is 7.53. The zero-order valence-electron chi connectivity index (χ0n) is 14.5. The summed E-state index contributed by atoms with van der Waals surface area (Å²) in [5.41, 5.74) is 2.02. The van der Waals surface area contributed by atoms with Crippen molar-refractivity contribution in [1.82, 2.24) is 10.6 Å². The number of anilines is 1. The van der Waals surface area contributed by atoms with Gasteiger partial charge in [0.05, 0.1) is 6.26 Å². The maximum atomic E-state index is 12.6. The van der Waals surface area contributed by atoms with E-state index in [0.29, 0.717) is 17.2 Å². The molecule has 1 aromatic heterocycles. The van der Waals surface area contributed by atoms with Crippen LogP contribution in [0.15, 0.2) is 41.0 Å². The molecule has 3 N–H and O–H groups in total. The Labute approximate surface area is 147 Å². The van der Waals surface area contributed by atoms with E-state index in [2.05, 4.69) is 22.9 Å². The Hall–Kier alpha value is -2.60. The highest BCUT2D eigenvalue weighted by Crippen LogP contribution is 2.19. The first-order valence-corrected chi connectivity index (χ1v) is 8.51. The number of hydrogen-bond acceptors (Lipinski definition) is 4. The van der Waals surface area contributed by atoms with Crippen molar-refractivity contribution in [3.63, 3.8) is 0 Å². The summed E-state index contributed by atoms with van der Waals surface area (Å²) in [6.45, 7) is 5.83. The summed E-state index contributed by atoms with van der Waals surface area (Å²) < 4.78 is 5.10. The maximum absolute atomic E-state index is 12.6. The molecular formula is C19H23N3O3. The van der Waals surface area contributed by atoms with Crippen molar-refractivity contribution in [2.75, 3.05) is 18.4 Å². The number of nitrogens with one attached hydrogen (secondary N) is 3. The highest BCUT2D eigenvalue weighted by molar-refractivity contribution is 6.04. The van der Waals surface area contributed by atoms with E-state index in [0.717, 1.165) is 25.1 Å². The van der Waals surface area contributed by atoms with Crippen molar-refractivity contribution in [2.45, 2.75) is 26.3 Å². The molecule has 2 atom stereocenters. The standard InChI is InChI=1S/C19H23N3O3/c1-12-5-6-14(18(23)21-15-7-8-20-11-13(15)2)10-16(12)22-19(24)17-4-3-9-25-17/h3-6,9-10,13,15,20H,7-8,11H2,1-2H3,(H,21,23)(H,22,24). The molecule has 2 heterocycles. The number of hydrogen-bond donors (Lipinski definition) is 3. The molecule has 3 rings (SSSR count). The van der Waals surface area contributed by atoms with Gasteiger partial charge in [-0.1, -0.05) is 13.0 Å². The first-order valence-electron chi connectivity index (χ1n) is 8.51. The first-order chi connectivity index (χ1) is 12.0. The molecule has 25 heavy (non-hydrogen) atoms. The predicted molar refractivity (Wildman–Crippen MR) is 95.7 cm³/mol. The third-order valence-electron chi connectivity index (χ3n) is 4.59. The molecule has 0 bridgehead atoms. The number of amides is 2. The minimum Gasteiger partial charge on any atom is -0.459 e. The summed E-state index contributed by atoms with van der Waals surface area (Å²) in [5, 5.41) is 9.22. The van der Waals surface area contributed by atoms with Gasteiger partial charge >= 0.3 is 0 Å². The lowest BCUT2D eigenvalue weighted by atomic mass is 9.95. The number of rotatable bonds is 4. The van der Waals surface area contributed by atoms with Gasteiger partial charge in [0, 0.05) is 17.3 Å². The summed E-state index contributed by atoms with van der Waals surface area (Å²) >= 11 is 0. The molecule has 2 aromatic rings. The molecule has 6 heteroatoms. The van der Waals surface area contributed by atoms with Crippen molar-refractivity contribution < 1.29 is 14.0 Å². The molecule has 0 radical (unpaired) electrons. The van der Waals surface area contributed by atoms with E-state index in [-0.39, 0.29) is 23.6 Å². The van der Waals surface area contributed by atoms with Crippen LogP contribution in [0.4, 0.5) is 5.69 Å². The molecule has 6 nitrogen and oxygen atoms in total. The van der Waals surface area contributed by atoms with Crippen LogP contribution in [0.1, 0.15) is 39.8 Å². The Morgan fingerprint density at radius 3 is 2.80 bits per heavy atom. The van der Waals surface area contributed by atoms with Gasteiger partial charge in [-0.25, -0.2) is 0 Å². The molecule has 0 aliphatic carbocycles. The van der Waals surface area contributed by atoms with Crippen molar-refractivity contribution in [1.29, 1.82) is 0 Å². The summed E-state index contributed by atoms with van der Waals surface area (Å²) in [5.74, 6) is 0.170. The Morgan fingerprint density at radius 1 is 1.24 bits per heavy atom. The predicted octanol–water partition coefficient (Wildman–Crippen LogP) is 2.57. The van der Waals surface area contributed by atoms with Gasteiger partial charge in [-0.05, 0) is 62.2 Å². The van der Waals surface area contributed by atoms with Gasteiger partial charge in [0.25, 0.3) is 11.8 Å². The number of carbonyl (C=O) groups excluding carboxylic acids is 2. The summed E-state index contributed by atoms with van der Waals surface area (Å²) in [6.07, 6.45) is 2.37. The van der Waals surface area contributed by atoms with Gasteiger partial charge in [-0.3, -0.25) is 9.59 Å². The quantitative estimate of drug-likeness (QED) is 0.798. The highest BCUT2D eigenvalue weighted by atomic mass is 16.3. The molecule has 2 amide bonds. The van der Waals surface area contributed by atoms with E-state index in [1.807, 2.05) is 13.0 Å². The fraction of sp³-hybridized carbons (Fsp3) is 0.368. The lowest BCUT2D eigenvalue weighted by Crippen LogP contribution is -2.48. The summed E-state index contributed by atoms with van der Waals surface area (Å²) in [4.78, 5) is 24.7. The van der Waals surface area contributed by atoms with Gasteiger partial charge in [0.15, 0.2) is 5.76 Å². The second-order valence-electron chi connectivity index (χ2n) is 6.51. The zero-order chi connectivity index (χ0) is 17.8. The summed E-state index contributed by atoms with van der Waals surface area (Å²) in [7, 11) is 0. The van der Waals surface area contributed by atoms with Gasteiger partial charge in [-0.15, -0.1) is 0 Å². The molecule has 2 unspecified atom stereocenters. The minimum absolute atomic E-state index is 0.118. The van der Waals surface area contributed by atoms with Gasteiger partial charge in [-0.2, -0.15) is 0 Å². The van der Waals surface area contributed by atoms with Crippen molar-refractivity contribution in [3.8, 4) is 0 Å². The smallest absolute Gasteiger partial charge is 0.291 e. The Bertz CT molecular complexity index is 755. The molecule has 1 saturated heterocycles. The fourth-order valence-electron chi connectivity index (χ4n) is 2.97. The summed E-state index contributed by atoms with van der Waals surface area (Å²) in [6, 6.07) is 8.73. The van der Waals surface area contributed by atoms with Crippen LogP contribution in [-0.4, -0.2) is 30.9 Å². The van der Waals surface area contributed by atoms with Gasteiger partial charge < -0.3 is 20.4 Å². The molecule has 0 saturated carbocycles. The number of carbonyl (C=O) groups is 2. The molecule has 1 aliphatic rings. The van der Waals surface area contributed by atoms with E-state index in [4.69, 9.17) is 4.42 Å². The lowest BCUT2D eigenvalue weighted by Gasteiger charge is -2.30. The van der Waals surface area contributed by atoms with Crippen LogP contribution in [0.5, 0.6) is 0 Å². The van der Waals surface area contributed by atoms with Crippen LogP contribution in [0.2, 0.25) is 0 Å². The monoisotopic (exact) mass is 341 g/mol. The molecule has 1 aliphatic heterocycles. The van der Waals surface area contributed by atoms with E-state index in [1.165, 1.54) is 6.26 Å². The fourth-order valence-corrected chi connectivity index (χ4v) is 2.97. The Morgan fingerprint density at radius 2 is 2.08 bits per heavy atom. The molecule has 132 valence electrons. The normalized spacial score (nSPS) is 20.1. The number of furan rings is 1. The SMILES string of the molecule is Cc1ccc(C(=O)NC2CCNCC2C)cc1NC(=O)c1ccco1. The van der Waals surface area contributed by atoms with Crippen LogP contribution in [-0.2, 0) is 0 Å². The molecule has 0 spiro atoms. The number of piperidine rings is 1. The third-order valence-corrected chi connectivity index (χ3v) is 4.59. The van der Waals surface area contributed by atoms with Crippen LogP contribution >= 0.6 is 0 Å². The van der Waals surface area contributed by atoms with E-state index in [9.17, 15) is 9.59 Å². The third kappa shape index (κ3) is 4.09. The van der Waals surface area contributed by atoms with Crippen LogP contribution in [0, 0.1) is 12.8 Å². The number of benzene rings is 1. The Kier molecular flexibility index (Phi) is 5.19. The van der Waals surface area contributed by atoms with Crippen molar-refractivity contribution in [3.05, 3.63) is 53.5 Å². The average molecular weight is 341 g/mol. The number of aryl methyl sites for hydroxylation is 1. The Balaban J connectivity index is 1.72. The second-order valence-corrected chi connectivity index (χ2v) is 6.51. The zero-order valence-corrected chi connectivity index (χ0v) is 14.5. The van der Waals surface area contributed by atoms with Crippen LogP contribution in [0.3, 0.4) is 0 Å². The van der Waals surface area contributed by atoms with Crippen molar-refractivity contribution >= 4 is 17.5 Å². The van der Waals surface area contributed by atoms with Crippen molar-refractivity contribution in [2.24, 2.45) is 5.92 Å². The van der Waals surface area contributed by atoms with Gasteiger partial charge in [0.2, 0.25) is 0 Å². The molecular weight excluding hydrogens is 318 g/mol. The largest absolute Gasteiger partial charge is 0.459 e. The van der Waals surface area contributed by atoms with Gasteiger partial charge in [0.1, 0.15) is 0 Å². The maximum Gasteiger partial charge on any atom is 0.291 e. The van der Waals surface area contributed by atoms with E-state index in [1.54, 1.807) is 24.3 Å². The van der Waals surface area contributed by atoms with E-state index >= 15 is 0 Å². The lowest BCUT2D eigenvalue weighted by molar-refractivity contribution is 0.0913. The van der Waals surface area contributed by atoms with Crippen LogP contribution in [0.25, 0.3) is 0 Å². The minimum atomic E-state index is -0.336. The topological polar surface area (TPSA) is 83.4 Å².